The molecule has 6 heteroatoms. The van der Waals surface area contributed by atoms with Gasteiger partial charge < -0.3 is 5.73 Å². The van der Waals surface area contributed by atoms with E-state index in [0.29, 0.717) is 17.2 Å². The zero-order chi connectivity index (χ0) is 14.9. The number of nitrogens with two attached hydrogens (primary N) is 1. The van der Waals surface area contributed by atoms with E-state index in [1.807, 2.05) is 48.5 Å². The summed E-state index contributed by atoms with van der Waals surface area (Å²) in [7, 11) is 0. The maximum atomic E-state index is 5.84. The molecule has 1 aromatic carbocycles. The fraction of sp³-hybridized carbons (Fsp3) is 0. The smallest absolute Gasteiger partial charge is 0.186 e. The van der Waals surface area contributed by atoms with Gasteiger partial charge in [-0.2, -0.15) is 9.61 Å². The number of benzene rings is 1. The molecule has 0 spiro atoms. The Balaban J connectivity index is 1.90. The van der Waals surface area contributed by atoms with Gasteiger partial charge in [0.2, 0.25) is 0 Å². The maximum Gasteiger partial charge on any atom is 0.186 e. The Bertz CT molecular complexity index is 945. The molecule has 2 N–H and O–H groups in total. The third-order valence-corrected chi connectivity index (χ3v) is 3.36. The molecule has 0 aliphatic rings. The Kier molecular flexibility index (Phi) is 2.79. The van der Waals surface area contributed by atoms with Crippen LogP contribution in [0.3, 0.4) is 0 Å². The van der Waals surface area contributed by atoms with Crippen molar-refractivity contribution in [2.45, 2.75) is 0 Å². The molecule has 0 unspecified atom stereocenters. The van der Waals surface area contributed by atoms with Crippen LogP contribution in [-0.4, -0.2) is 24.8 Å². The summed E-state index contributed by atoms with van der Waals surface area (Å²) in [5, 5.41) is 13.0. The molecule has 0 bridgehead atoms. The highest BCUT2D eigenvalue weighted by molar-refractivity contribution is 5.66. The van der Waals surface area contributed by atoms with Crippen molar-refractivity contribution in [2.75, 3.05) is 5.73 Å². The Morgan fingerprint density at radius 1 is 0.909 bits per heavy atom. The highest BCUT2D eigenvalue weighted by Crippen LogP contribution is 2.22. The van der Waals surface area contributed by atoms with E-state index in [-0.39, 0.29) is 0 Å². The monoisotopic (exact) mass is 288 g/mol. The Morgan fingerprint density at radius 2 is 1.82 bits per heavy atom. The van der Waals surface area contributed by atoms with Crippen LogP contribution in [0.1, 0.15) is 0 Å². The lowest BCUT2D eigenvalue weighted by Crippen LogP contribution is -1.97. The zero-order valence-corrected chi connectivity index (χ0v) is 11.6. The fourth-order valence-electron chi connectivity index (χ4n) is 2.32. The second kappa shape index (κ2) is 4.92. The van der Waals surface area contributed by atoms with Crippen LogP contribution in [-0.2, 0) is 0 Å². The number of pyridine rings is 1. The largest absolute Gasteiger partial charge is 0.399 e. The van der Waals surface area contributed by atoms with E-state index in [1.165, 1.54) is 0 Å². The van der Waals surface area contributed by atoms with Crippen LogP contribution in [0.5, 0.6) is 0 Å². The van der Waals surface area contributed by atoms with E-state index in [0.717, 1.165) is 16.8 Å². The van der Waals surface area contributed by atoms with E-state index in [9.17, 15) is 0 Å². The highest BCUT2D eigenvalue weighted by Gasteiger charge is 2.10. The molecule has 4 rings (SSSR count). The summed E-state index contributed by atoms with van der Waals surface area (Å²) in [4.78, 5) is 4.11. The Labute approximate surface area is 126 Å². The SMILES string of the molecule is Nc1cccc(-c2ccc3nnc(-c4cccnc4)n3n2)c1. The van der Waals surface area contributed by atoms with E-state index in [2.05, 4.69) is 20.3 Å². The molecular formula is C16H12N6. The quantitative estimate of drug-likeness (QED) is 0.573. The molecule has 3 heterocycles. The molecule has 0 amide bonds. The van der Waals surface area contributed by atoms with Crippen molar-refractivity contribution in [3.05, 3.63) is 60.9 Å². The first-order chi connectivity index (χ1) is 10.8. The van der Waals surface area contributed by atoms with Gasteiger partial charge in [-0.25, -0.2) is 0 Å². The van der Waals surface area contributed by atoms with Gasteiger partial charge >= 0.3 is 0 Å². The lowest BCUT2D eigenvalue weighted by atomic mass is 10.1. The molecule has 0 aliphatic carbocycles. The summed E-state index contributed by atoms with van der Waals surface area (Å²) < 4.78 is 1.72. The summed E-state index contributed by atoms with van der Waals surface area (Å²) in [6.07, 6.45) is 3.46. The third kappa shape index (κ3) is 2.07. The first kappa shape index (κ1) is 12.5. The predicted octanol–water partition coefficient (Wildman–Crippen LogP) is 2.44. The predicted molar refractivity (Wildman–Crippen MR) is 83.9 cm³/mol. The zero-order valence-electron chi connectivity index (χ0n) is 11.6. The van der Waals surface area contributed by atoms with Crippen LogP contribution >= 0.6 is 0 Å². The third-order valence-electron chi connectivity index (χ3n) is 3.36. The molecule has 3 aromatic heterocycles. The average Bonchev–Trinajstić information content (AvgIpc) is 2.99. The van der Waals surface area contributed by atoms with Crippen LogP contribution < -0.4 is 5.73 Å². The van der Waals surface area contributed by atoms with Crippen molar-refractivity contribution < 1.29 is 0 Å². The summed E-state index contributed by atoms with van der Waals surface area (Å²) >= 11 is 0. The lowest BCUT2D eigenvalue weighted by Gasteiger charge is -2.04. The molecule has 0 atom stereocenters. The Hall–Kier alpha value is -3.28. The van der Waals surface area contributed by atoms with E-state index >= 15 is 0 Å². The van der Waals surface area contributed by atoms with E-state index < -0.39 is 0 Å². The summed E-state index contributed by atoms with van der Waals surface area (Å²) in [6.45, 7) is 0. The summed E-state index contributed by atoms with van der Waals surface area (Å²) in [5.41, 5.74) is 9.86. The number of nitrogens with zero attached hydrogens (tertiary/aromatic N) is 5. The number of nitrogen functional groups attached to an aromatic ring is 1. The van der Waals surface area contributed by atoms with Crippen molar-refractivity contribution in [3.8, 4) is 22.6 Å². The van der Waals surface area contributed by atoms with Gasteiger partial charge in [0.15, 0.2) is 11.5 Å². The first-order valence-electron chi connectivity index (χ1n) is 6.80. The molecule has 0 radical (unpaired) electrons. The van der Waals surface area contributed by atoms with E-state index in [1.54, 1.807) is 16.9 Å². The lowest BCUT2D eigenvalue weighted by molar-refractivity contribution is 0.941. The second-order valence-corrected chi connectivity index (χ2v) is 4.88. The number of fused-ring (bicyclic) bond motifs is 1. The van der Waals surface area contributed by atoms with Crippen LogP contribution in [0.15, 0.2) is 60.9 Å². The molecule has 6 nitrogen and oxygen atoms in total. The van der Waals surface area contributed by atoms with Gasteiger partial charge in [0.1, 0.15) is 0 Å². The minimum atomic E-state index is 0.661. The molecule has 22 heavy (non-hydrogen) atoms. The minimum absolute atomic E-state index is 0.661. The minimum Gasteiger partial charge on any atom is -0.399 e. The normalized spacial score (nSPS) is 10.9. The maximum absolute atomic E-state index is 5.84. The van der Waals surface area contributed by atoms with E-state index in [4.69, 9.17) is 5.73 Å². The van der Waals surface area contributed by atoms with Gasteiger partial charge in [0.25, 0.3) is 0 Å². The van der Waals surface area contributed by atoms with Gasteiger partial charge in [-0.15, -0.1) is 10.2 Å². The number of hydrogen-bond acceptors (Lipinski definition) is 5. The van der Waals surface area contributed by atoms with Crippen molar-refractivity contribution in [1.82, 2.24) is 24.8 Å². The van der Waals surface area contributed by atoms with Crippen LogP contribution in [0.2, 0.25) is 0 Å². The van der Waals surface area contributed by atoms with Crippen molar-refractivity contribution in [3.63, 3.8) is 0 Å². The molecule has 4 aromatic rings. The molecular weight excluding hydrogens is 276 g/mol. The number of rotatable bonds is 2. The standard InChI is InChI=1S/C16H12N6/c17-13-5-1-3-11(9-13)14-6-7-15-19-20-16(22(15)21-14)12-4-2-8-18-10-12/h1-10H,17H2. The molecule has 0 aliphatic heterocycles. The van der Waals surface area contributed by atoms with Gasteiger partial charge in [0, 0.05) is 29.2 Å². The highest BCUT2D eigenvalue weighted by atomic mass is 15.4. The Morgan fingerprint density at radius 3 is 2.64 bits per heavy atom. The molecule has 0 fully saturated rings. The molecule has 0 saturated carbocycles. The van der Waals surface area contributed by atoms with Crippen molar-refractivity contribution >= 4 is 11.3 Å². The van der Waals surface area contributed by atoms with Gasteiger partial charge in [-0.3, -0.25) is 4.98 Å². The van der Waals surface area contributed by atoms with Crippen LogP contribution in [0.4, 0.5) is 5.69 Å². The summed E-state index contributed by atoms with van der Waals surface area (Å²) in [6, 6.07) is 15.2. The second-order valence-electron chi connectivity index (χ2n) is 4.88. The van der Waals surface area contributed by atoms with Gasteiger partial charge in [-0.1, -0.05) is 12.1 Å². The number of aromatic nitrogens is 5. The van der Waals surface area contributed by atoms with Crippen molar-refractivity contribution in [1.29, 1.82) is 0 Å². The van der Waals surface area contributed by atoms with Crippen molar-refractivity contribution in [2.24, 2.45) is 0 Å². The van der Waals surface area contributed by atoms with Crippen LogP contribution in [0, 0.1) is 0 Å². The summed E-state index contributed by atoms with van der Waals surface area (Å²) in [5.74, 6) is 0.661. The number of anilines is 1. The number of hydrogen-bond donors (Lipinski definition) is 1. The molecule has 0 saturated heterocycles. The average molecular weight is 288 g/mol. The van der Waals surface area contributed by atoms with Gasteiger partial charge in [-0.05, 0) is 36.4 Å². The topological polar surface area (TPSA) is 82.0 Å². The van der Waals surface area contributed by atoms with Crippen LogP contribution in [0.25, 0.3) is 28.3 Å². The van der Waals surface area contributed by atoms with Gasteiger partial charge in [0.05, 0.1) is 5.69 Å². The molecule has 106 valence electrons. The first-order valence-corrected chi connectivity index (χ1v) is 6.80. The fourth-order valence-corrected chi connectivity index (χ4v) is 2.32.